The van der Waals surface area contributed by atoms with E-state index < -0.39 is 5.82 Å². The van der Waals surface area contributed by atoms with Crippen LogP contribution in [0.5, 0.6) is 17.2 Å². The maximum Gasteiger partial charge on any atom is 0.264 e. The third-order valence-electron chi connectivity index (χ3n) is 3.71. The van der Waals surface area contributed by atoms with Crippen LogP contribution in [0.3, 0.4) is 0 Å². The van der Waals surface area contributed by atoms with E-state index in [2.05, 4.69) is 10.3 Å². The van der Waals surface area contributed by atoms with E-state index in [4.69, 9.17) is 14.2 Å². The second kappa shape index (κ2) is 9.18. The van der Waals surface area contributed by atoms with Gasteiger partial charge in [-0.3, -0.25) is 10.1 Å². The average molecular weight is 402 g/mol. The van der Waals surface area contributed by atoms with Gasteiger partial charge in [0, 0.05) is 10.9 Å². The van der Waals surface area contributed by atoms with Crippen molar-refractivity contribution in [2.24, 2.45) is 0 Å². The molecule has 28 heavy (non-hydrogen) atoms. The fourth-order valence-corrected chi connectivity index (χ4v) is 3.17. The van der Waals surface area contributed by atoms with Crippen molar-refractivity contribution in [2.75, 3.05) is 25.6 Å². The lowest BCUT2D eigenvalue weighted by molar-refractivity contribution is -0.118. The summed E-state index contributed by atoms with van der Waals surface area (Å²) in [5.41, 5.74) is 1.15. The van der Waals surface area contributed by atoms with Crippen molar-refractivity contribution in [3.63, 3.8) is 0 Å². The number of carbonyl (C=O) groups is 1. The van der Waals surface area contributed by atoms with Gasteiger partial charge >= 0.3 is 0 Å². The minimum Gasteiger partial charge on any atom is -0.494 e. The quantitative estimate of drug-likeness (QED) is 0.606. The van der Waals surface area contributed by atoms with E-state index in [1.54, 1.807) is 29.6 Å². The van der Waals surface area contributed by atoms with E-state index in [0.717, 1.165) is 0 Å². The zero-order chi connectivity index (χ0) is 19.9. The van der Waals surface area contributed by atoms with Crippen LogP contribution in [0, 0.1) is 5.82 Å². The van der Waals surface area contributed by atoms with Crippen LogP contribution in [0.2, 0.25) is 0 Å². The molecule has 0 saturated carbocycles. The van der Waals surface area contributed by atoms with E-state index >= 15 is 0 Å². The molecule has 0 unspecified atom stereocenters. The Balaban J connectivity index is 1.61. The van der Waals surface area contributed by atoms with Crippen LogP contribution >= 0.6 is 11.3 Å². The maximum absolute atomic E-state index is 13.9. The van der Waals surface area contributed by atoms with Crippen molar-refractivity contribution >= 4 is 22.4 Å². The number of methoxy groups -OCH3 is 1. The van der Waals surface area contributed by atoms with Crippen LogP contribution in [0.4, 0.5) is 9.52 Å². The van der Waals surface area contributed by atoms with E-state index in [0.29, 0.717) is 34.5 Å². The first-order valence-corrected chi connectivity index (χ1v) is 9.42. The molecule has 0 bridgehead atoms. The van der Waals surface area contributed by atoms with Crippen molar-refractivity contribution in [1.82, 2.24) is 4.98 Å². The van der Waals surface area contributed by atoms with Gasteiger partial charge in [0.2, 0.25) is 0 Å². The number of para-hydroxylation sites is 2. The normalized spacial score (nSPS) is 10.4. The molecule has 0 aliphatic carbocycles. The summed E-state index contributed by atoms with van der Waals surface area (Å²) in [5, 5.41) is 4.81. The number of nitrogens with one attached hydrogen (secondary N) is 1. The highest BCUT2D eigenvalue weighted by molar-refractivity contribution is 7.14. The molecule has 0 saturated heterocycles. The Hall–Kier alpha value is -3.13. The van der Waals surface area contributed by atoms with Crippen LogP contribution in [0.1, 0.15) is 6.92 Å². The minimum atomic E-state index is -0.472. The van der Waals surface area contributed by atoms with Gasteiger partial charge in [0.05, 0.1) is 19.4 Å². The molecular formula is C20H19FN2O4S. The van der Waals surface area contributed by atoms with Gasteiger partial charge in [-0.2, -0.15) is 0 Å². The molecule has 2 aromatic carbocycles. The molecular weight excluding hydrogens is 383 g/mol. The smallest absolute Gasteiger partial charge is 0.264 e. The van der Waals surface area contributed by atoms with Crippen molar-refractivity contribution in [3.8, 4) is 28.5 Å². The first-order valence-electron chi connectivity index (χ1n) is 8.54. The maximum atomic E-state index is 13.9. The molecule has 0 aliphatic rings. The molecule has 0 aliphatic heterocycles. The number of thiazole rings is 1. The Morgan fingerprint density at radius 3 is 2.57 bits per heavy atom. The molecule has 3 aromatic rings. The largest absolute Gasteiger partial charge is 0.494 e. The van der Waals surface area contributed by atoms with Crippen LogP contribution < -0.4 is 19.5 Å². The molecule has 1 amide bonds. The number of hydrogen-bond donors (Lipinski definition) is 1. The van der Waals surface area contributed by atoms with Gasteiger partial charge in [-0.1, -0.05) is 12.1 Å². The molecule has 1 N–H and O–H groups in total. The summed E-state index contributed by atoms with van der Waals surface area (Å²) < 4.78 is 29.8. The third-order valence-corrected chi connectivity index (χ3v) is 4.46. The molecule has 1 aromatic heterocycles. The standard InChI is InChI=1S/C20H19FN2O4S/c1-3-26-17-6-4-5-7-18(17)27-11-19(24)23-20-22-15(12-28-20)13-8-9-16(25-2)14(21)10-13/h4-10,12H,3,11H2,1-2H3,(H,22,23,24). The van der Waals surface area contributed by atoms with Gasteiger partial charge in [-0.05, 0) is 37.3 Å². The van der Waals surface area contributed by atoms with Crippen molar-refractivity contribution in [2.45, 2.75) is 6.92 Å². The van der Waals surface area contributed by atoms with Crippen LogP contribution in [-0.4, -0.2) is 31.2 Å². The first kappa shape index (κ1) is 19.6. The summed E-state index contributed by atoms with van der Waals surface area (Å²) in [5.74, 6) is 0.411. The SMILES string of the molecule is CCOc1ccccc1OCC(=O)Nc1nc(-c2ccc(OC)c(F)c2)cs1. The number of aromatic nitrogens is 1. The fourth-order valence-electron chi connectivity index (χ4n) is 2.43. The Kier molecular flexibility index (Phi) is 6.44. The third kappa shape index (κ3) is 4.77. The lowest BCUT2D eigenvalue weighted by Crippen LogP contribution is -2.20. The molecule has 0 fully saturated rings. The number of carbonyl (C=O) groups excluding carboxylic acids is 1. The number of halogens is 1. The number of amides is 1. The number of hydrogen-bond acceptors (Lipinski definition) is 6. The Bertz CT molecular complexity index is 961. The van der Waals surface area contributed by atoms with Crippen LogP contribution in [0.15, 0.2) is 47.8 Å². The number of ether oxygens (including phenoxy) is 3. The monoisotopic (exact) mass is 402 g/mol. The van der Waals surface area contributed by atoms with Gasteiger partial charge in [-0.15, -0.1) is 11.3 Å². The molecule has 0 atom stereocenters. The molecule has 0 radical (unpaired) electrons. The highest BCUT2D eigenvalue weighted by Gasteiger charge is 2.12. The lowest BCUT2D eigenvalue weighted by Gasteiger charge is -2.10. The Labute approximate surface area is 165 Å². The summed E-state index contributed by atoms with van der Waals surface area (Å²) >= 11 is 1.24. The summed E-state index contributed by atoms with van der Waals surface area (Å²) in [6.45, 7) is 2.19. The lowest BCUT2D eigenvalue weighted by atomic mass is 10.1. The predicted molar refractivity (Wildman–Crippen MR) is 106 cm³/mol. The second-order valence-electron chi connectivity index (χ2n) is 5.60. The number of benzene rings is 2. The van der Waals surface area contributed by atoms with Crippen LogP contribution in [-0.2, 0) is 4.79 Å². The predicted octanol–water partition coefficient (Wildman–Crippen LogP) is 4.37. The van der Waals surface area contributed by atoms with Gasteiger partial charge in [0.15, 0.2) is 34.8 Å². The Morgan fingerprint density at radius 2 is 1.89 bits per heavy atom. The molecule has 8 heteroatoms. The summed E-state index contributed by atoms with van der Waals surface area (Å²) in [4.78, 5) is 16.5. The molecule has 3 rings (SSSR count). The summed E-state index contributed by atoms with van der Waals surface area (Å²) in [6.07, 6.45) is 0. The molecule has 146 valence electrons. The summed E-state index contributed by atoms with van der Waals surface area (Å²) in [7, 11) is 1.41. The topological polar surface area (TPSA) is 69.7 Å². The van der Waals surface area contributed by atoms with Gasteiger partial charge in [-0.25, -0.2) is 9.37 Å². The zero-order valence-corrected chi connectivity index (χ0v) is 16.2. The minimum absolute atomic E-state index is 0.164. The van der Waals surface area contributed by atoms with Gasteiger partial charge < -0.3 is 14.2 Å². The van der Waals surface area contributed by atoms with Crippen molar-refractivity contribution in [3.05, 3.63) is 53.7 Å². The Morgan fingerprint density at radius 1 is 1.14 bits per heavy atom. The summed E-state index contributed by atoms with van der Waals surface area (Å²) in [6, 6.07) is 11.7. The highest BCUT2D eigenvalue weighted by atomic mass is 32.1. The fraction of sp³-hybridized carbons (Fsp3) is 0.200. The van der Waals surface area contributed by atoms with E-state index in [1.807, 2.05) is 13.0 Å². The number of anilines is 1. The van der Waals surface area contributed by atoms with Crippen LogP contribution in [0.25, 0.3) is 11.3 Å². The van der Waals surface area contributed by atoms with Crippen molar-refractivity contribution < 1.29 is 23.4 Å². The first-order chi connectivity index (χ1) is 13.6. The second-order valence-corrected chi connectivity index (χ2v) is 6.46. The van der Waals surface area contributed by atoms with E-state index in [9.17, 15) is 9.18 Å². The van der Waals surface area contributed by atoms with Crippen molar-refractivity contribution in [1.29, 1.82) is 0 Å². The van der Waals surface area contributed by atoms with E-state index in [-0.39, 0.29) is 18.3 Å². The number of nitrogens with zero attached hydrogens (tertiary/aromatic N) is 1. The highest BCUT2D eigenvalue weighted by Crippen LogP contribution is 2.29. The molecule has 0 spiro atoms. The van der Waals surface area contributed by atoms with Gasteiger partial charge in [0.1, 0.15) is 0 Å². The van der Waals surface area contributed by atoms with Gasteiger partial charge in [0.25, 0.3) is 5.91 Å². The number of rotatable bonds is 8. The molecule has 1 heterocycles. The molecule has 6 nitrogen and oxygen atoms in total. The zero-order valence-electron chi connectivity index (χ0n) is 15.4. The van der Waals surface area contributed by atoms with E-state index in [1.165, 1.54) is 30.6 Å². The average Bonchev–Trinajstić information content (AvgIpc) is 3.16.